The minimum absolute atomic E-state index is 0.0599. The van der Waals surface area contributed by atoms with Crippen LogP contribution >= 0.6 is 0 Å². The lowest BCUT2D eigenvalue weighted by atomic mass is 9.82. The third-order valence-electron chi connectivity index (χ3n) is 4.33. The normalized spacial score (nSPS) is 25.1. The topological polar surface area (TPSA) is 76.0 Å². The average molecular weight is 345 g/mol. The number of carbonyl (C=O) groups is 1. The summed E-state index contributed by atoms with van der Waals surface area (Å²) in [4.78, 5) is 13.2. The summed E-state index contributed by atoms with van der Waals surface area (Å²) in [5.74, 6) is 0.313. The third kappa shape index (κ3) is 5.68. The molecule has 0 heterocycles. The lowest BCUT2D eigenvalue weighted by molar-refractivity contribution is 0.0541. The lowest BCUT2D eigenvalue weighted by Crippen LogP contribution is -2.52. The standard InChI is InChI=1S/C17H32N2O3S/c1-12(18-23(22)17(5,6)7)13-8-10-14(11-9-13)19(15(20)21)16(2,3)4/h13-14H,8-11H2,1-7H3,(H,20,21)/b18-12+/t13-,14-,23-/m0/s1. The van der Waals surface area contributed by atoms with E-state index in [1.165, 1.54) is 0 Å². The molecule has 1 aliphatic carbocycles. The lowest BCUT2D eigenvalue weighted by Gasteiger charge is -2.42. The van der Waals surface area contributed by atoms with Crippen LogP contribution in [0.15, 0.2) is 4.40 Å². The maximum Gasteiger partial charge on any atom is 0.407 e. The van der Waals surface area contributed by atoms with Crippen LogP contribution in [-0.4, -0.2) is 42.7 Å². The van der Waals surface area contributed by atoms with Gasteiger partial charge in [-0.05, 0) is 74.1 Å². The summed E-state index contributed by atoms with van der Waals surface area (Å²) in [6, 6.07) is 0.0599. The third-order valence-corrected chi connectivity index (χ3v) is 5.83. The second kappa shape index (κ2) is 7.43. The first-order chi connectivity index (χ1) is 10.3. The molecule has 0 aromatic heterocycles. The van der Waals surface area contributed by atoms with Crippen LogP contribution in [0, 0.1) is 5.92 Å². The minimum Gasteiger partial charge on any atom is -0.591 e. The fourth-order valence-corrected chi connectivity index (χ4v) is 3.77. The number of hydrogen-bond donors (Lipinski definition) is 1. The van der Waals surface area contributed by atoms with Crippen LogP contribution in [0.25, 0.3) is 0 Å². The number of hydrogen-bond acceptors (Lipinski definition) is 3. The molecule has 0 aromatic rings. The highest BCUT2D eigenvalue weighted by Crippen LogP contribution is 2.32. The van der Waals surface area contributed by atoms with E-state index >= 15 is 0 Å². The molecule has 0 spiro atoms. The molecule has 1 fully saturated rings. The Kier molecular flexibility index (Phi) is 6.55. The van der Waals surface area contributed by atoms with Crippen molar-refractivity contribution in [1.29, 1.82) is 0 Å². The number of amides is 1. The van der Waals surface area contributed by atoms with Crippen LogP contribution in [0.4, 0.5) is 4.79 Å². The van der Waals surface area contributed by atoms with Crippen LogP contribution in [0.2, 0.25) is 0 Å². The van der Waals surface area contributed by atoms with Crippen LogP contribution in [-0.2, 0) is 11.4 Å². The van der Waals surface area contributed by atoms with Gasteiger partial charge in [0, 0.05) is 17.5 Å². The van der Waals surface area contributed by atoms with E-state index in [2.05, 4.69) is 4.40 Å². The van der Waals surface area contributed by atoms with Gasteiger partial charge in [-0.15, -0.1) is 0 Å². The molecule has 1 aliphatic rings. The summed E-state index contributed by atoms with van der Waals surface area (Å²) < 4.78 is 16.2. The maximum absolute atomic E-state index is 12.1. The molecule has 1 saturated carbocycles. The van der Waals surface area contributed by atoms with Gasteiger partial charge in [-0.1, -0.05) is 4.40 Å². The van der Waals surface area contributed by atoms with Crippen molar-refractivity contribution in [1.82, 2.24) is 4.90 Å². The van der Waals surface area contributed by atoms with Crippen molar-refractivity contribution in [2.24, 2.45) is 10.3 Å². The van der Waals surface area contributed by atoms with Crippen molar-refractivity contribution >= 4 is 23.2 Å². The molecular weight excluding hydrogens is 312 g/mol. The summed E-state index contributed by atoms with van der Waals surface area (Å²) in [5, 5.41) is 9.51. The highest BCUT2D eigenvalue weighted by atomic mass is 32.2. The van der Waals surface area contributed by atoms with Gasteiger partial charge in [0.1, 0.15) is 16.1 Å². The molecule has 0 aliphatic heterocycles. The van der Waals surface area contributed by atoms with E-state index in [0.29, 0.717) is 5.92 Å². The van der Waals surface area contributed by atoms with E-state index in [-0.39, 0.29) is 16.3 Å². The molecule has 1 amide bonds. The average Bonchev–Trinajstić information content (AvgIpc) is 2.36. The van der Waals surface area contributed by atoms with Crippen molar-refractivity contribution in [2.45, 2.75) is 90.5 Å². The molecule has 134 valence electrons. The predicted molar refractivity (Wildman–Crippen MR) is 96.4 cm³/mol. The minimum atomic E-state index is -1.22. The van der Waals surface area contributed by atoms with Gasteiger partial charge in [0.2, 0.25) is 0 Å². The van der Waals surface area contributed by atoms with Gasteiger partial charge in [-0.2, -0.15) is 0 Å². The highest BCUT2D eigenvalue weighted by Gasteiger charge is 2.36. The van der Waals surface area contributed by atoms with Gasteiger partial charge in [0.05, 0.1) is 5.71 Å². The Hall–Kier alpha value is -0.750. The van der Waals surface area contributed by atoms with E-state index < -0.39 is 17.5 Å². The smallest absolute Gasteiger partial charge is 0.407 e. The SMILES string of the molecule is C/C(=N\[S@@+]([O-])C(C)(C)C)[C@H]1CC[C@H](N(C(=O)O)C(C)(C)C)CC1. The quantitative estimate of drug-likeness (QED) is 0.614. The maximum atomic E-state index is 12.1. The Labute approximate surface area is 143 Å². The monoisotopic (exact) mass is 344 g/mol. The molecule has 0 unspecified atom stereocenters. The van der Waals surface area contributed by atoms with Crippen LogP contribution < -0.4 is 0 Å². The molecule has 6 heteroatoms. The fourth-order valence-electron chi connectivity index (χ4n) is 3.08. The first kappa shape index (κ1) is 20.3. The second-order valence-corrected chi connectivity index (χ2v) is 10.3. The van der Waals surface area contributed by atoms with Gasteiger partial charge in [-0.3, -0.25) is 0 Å². The molecule has 5 nitrogen and oxygen atoms in total. The molecule has 1 N–H and O–H groups in total. The summed E-state index contributed by atoms with van der Waals surface area (Å²) >= 11 is -1.22. The largest absolute Gasteiger partial charge is 0.591 e. The summed E-state index contributed by atoms with van der Waals surface area (Å²) in [6.45, 7) is 13.5. The van der Waals surface area contributed by atoms with Gasteiger partial charge < -0.3 is 14.6 Å². The van der Waals surface area contributed by atoms with E-state index in [1.807, 2.05) is 48.5 Å². The van der Waals surface area contributed by atoms with Crippen LogP contribution in [0.5, 0.6) is 0 Å². The van der Waals surface area contributed by atoms with Crippen molar-refractivity contribution in [3.63, 3.8) is 0 Å². The summed E-state index contributed by atoms with van der Waals surface area (Å²) in [6.07, 6.45) is 2.63. The summed E-state index contributed by atoms with van der Waals surface area (Å²) in [5.41, 5.74) is 0.551. The van der Waals surface area contributed by atoms with E-state index in [9.17, 15) is 14.5 Å². The summed E-state index contributed by atoms with van der Waals surface area (Å²) in [7, 11) is 0. The first-order valence-electron chi connectivity index (χ1n) is 8.33. The van der Waals surface area contributed by atoms with Gasteiger partial charge >= 0.3 is 6.09 Å². The predicted octanol–water partition coefficient (Wildman–Crippen LogP) is 4.25. The molecule has 1 atom stereocenters. The van der Waals surface area contributed by atoms with Crippen molar-refractivity contribution in [3.05, 3.63) is 0 Å². The Balaban J connectivity index is 2.72. The van der Waals surface area contributed by atoms with Crippen LogP contribution in [0.1, 0.15) is 74.1 Å². The molecule has 0 saturated heterocycles. The zero-order valence-electron chi connectivity index (χ0n) is 15.5. The second-order valence-electron chi connectivity index (χ2n) is 8.42. The Bertz CT molecular complexity index is 444. The number of nitrogens with zero attached hydrogens (tertiary/aromatic N) is 2. The van der Waals surface area contributed by atoms with E-state index in [1.54, 1.807) is 4.90 Å². The van der Waals surface area contributed by atoms with Gasteiger partial charge in [0.15, 0.2) is 0 Å². The van der Waals surface area contributed by atoms with E-state index in [4.69, 9.17) is 0 Å². The molecule has 0 radical (unpaired) electrons. The van der Waals surface area contributed by atoms with Crippen molar-refractivity contribution in [2.75, 3.05) is 0 Å². The van der Waals surface area contributed by atoms with Gasteiger partial charge in [-0.25, -0.2) is 4.79 Å². The molecular formula is C17H32N2O3S. The molecule has 0 aromatic carbocycles. The first-order valence-corrected chi connectivity index (χ1v) is 9.44. The van der Waals surface area contributed by atoms with Crippen LogP contribution in [0.3, 0.4) is 0 Å². The zero-order valence-corrected chi connectivity index (χ0v) is 16.4. The highest BCUT2D eigenvalue weighted by molar-refractivity contribution is 7.91. The van der Waals surface area contributed by atoms with Crippen molar-refractivity contribution in [3.8, 4) is 0 Å². The number of rotatable bonds is 3. The Morgan fingerprint density at radius 3 is 1.96 bits per heavy atom. The zero-order chi connectivity index (χ0) is 18.0. The molecule has 23 heavy (non-hydrogen) atoms. The van der Waals surface area contributed by atoms with Gasteiger partial charge in [0.25, 0.3) is 0 Å². The fraction of sp³-hybridized carbons (Fsp3) is 0.882. The molecule has 0 bridgehead atoms. The van der Waals surface area contributed by atoms with E-state index in [0.717, 1.165) is 31.4 Å². The Morgan fingerprint density at radius 2 is 1.61 bits per heavy atom. The Morgan fingerprint density at radius 1 is 1.13 bits per heavy atom. The molecule has 1 rings (SSSR count). The number of carboxylic acid groups (broad SMARTS) is 1. The van der Waals surface area contributed by atoms with Crippen molar-refractivity contribution < 1.29 is 14.5 Å².